The summed E-state index contributed by atoms with van der Waals surface area (Å²) >= 11 is 0. The van der Waals surface area contributed by atoms with E-state index in [0.29, 0.717) is 28.6 Å². The molecule has 2 heterocycles. The van der Waals surface area contributed by atoms with Crippen molar-refractivity contribution in [3.63, 3.8) is 0 Å². The van der Waals surface area contributed by atoms with Crippen molar-refractivity contribution in [2.75, 3.05) is 19.5 Å². The van der Waals surface area contributed by atoms with Crippen molar-refractivity contribution in [1.82, 2.24) is 9.38 Å². The molecule has 1 N–H and O–H groups in total. The number of pyridine rings is 1. The highest BCUT2D eigenvalue weighted by Gasteiger charge is 2.18. The van der Waals surface area contributed by atoms with E-state index in [4.69, 9.17) is 14.2 Å². The van der Waals surface area contributed by atoms with Gasteiger partial charge in [-0.3, -0.25) is 14.0 Å². The number of anilines is 1. The Balaban J connectivity index is 1.78. The topological polar surface area (TPSA) is 115 Å². The first kappa shape index (κ1) is 24.0. The molecule has 4 rings (SSSR count). The smallest absolute Gasteiger partial charge is 0.269 e. The molecule has 0 radical (unpaired) electrons. The zero-order valence-corrected chi connectivity index (χ0v) is 19.8. The molecule has 4 aromatic rings. The standard InChI is InChI=1S/C27H22N4O5/c1-17-5-4-14-31-24(17)30-26(36-22-12-10-21(35-3)11-13-22)23(27(31)33)15-18(16-28)25(32)29-19-6-8-20(34-2)9-7-19/h4-15H,1-3H3,(H,29,32). The van der Waals surface area contributed by atoms with E-state index in [0.717, 1.165) is 5.56 Å². The highest BCUT2D eigenvalue weighted by atomic mass is 16.5. The summed E-state index contributed by atoms with van der Waals surface area (Å²) in [6.07, 6.45) is 2.75. The van der Waals surface area contributed by atoms with Crippen LogP contribution in [0.4, 0.5) is 5.69 Å². The van der Waals surface area contributed by atoms with Crippen LogP contribution >= 0.6 is 0 Å². The van der Waals surface area contributed by atoms with Crippen molar-refractivity contribution in [2.45, 2.75) is 6.92 Å². The third kappa shape index (κ3) is 5.03. The van der Waals surface area contributed by atoms with Crippen molar-refractivity contribution in [1.29, 1.82) is 5.26 Å². The van der Waals surface area contributed by atoms with E-state index >= 15 is 0 Å². The Labute approximate surface area is 206 Å². The molecule has 0 saturated heterocycles. The number of nitrogens with one attached hydrogen (secondary N) is 1. The van der Waals surface area contributed by atoms with Gasteiger partial charge in [-0.15, -0.1) is 0 Å². The van der Waals surface area contributed by atoms with Crippen LogP contribution in [0.1, 0.15) is 11.1 Å². The van der Waals surface area contributed by atoms with Crippen LogP contribution in [-0.2, 0) is 4.79 Å². The normalized spacial score (nSPS) is 11.0. The number of benzene rings is 2. The van der Waals surface area contributed by atoms with Crippen molar-refractivity contribution >= 4 is 23.3 Å². The number of methoxy groups -OCH3 is 2. The molecule has 0 aliphatic heterocycles. The van der Waals surface area contributed by atoms with E-state index in [1.807, 2.05) is 19.1 Å². The maximum atomic E-state index is 13.4. The molecule has 2 aromatic heterocycles. The molecule has 180 valence electrons. The van der Waals surface area contributed by atoms with Crippen LogP contribution in [-0.4, -0.2) is 29.5 Å². The van der Waals surface area contributed by atoms with Gasteiger partial charge in [-0.05, 0) is 73.2 Å². The van der Waals surface area contributed by atoms with Crippen molar-refractivity contribution in [3.8, 4) is 29.2 Å². The molecule has 0 aliphatic carbocycles. The molecule has 0 bridgehead atoms. The molecule has 2 aromatic carbocycles. The first-order valence-electron chi connectivity index (χ1n) is 10.8. The number of aryl methyl sites for hydroxylation is 1. The van der Waals surface area contributed by atoms with Gasteiger partial charge >= 0.3 is 0 Å². The number of fused-ring (bicyclic) bond motifs is 1. The van der Waals surface area contributed by atoms with Crippen LogP contribution in [0.25, 0.3) is 11.7 Å². The van der Waals surface area contributed by atoms with Gasteiger partial charge < -0.3 is 19.5 Å². The molecule has 0 unspecified atom stereocenters. The van der Waals surface area contributed by atoms with E-state index in [1.54, 1.807) is 67.9 Å². The van der Waals surface area contributed by atoms with Gasteiger partial charge in [0.2, 0.25) is 5.88 Å². The van der Waals surface area contributed by atoms with Crippen LogP contribution in [0, 0.1) is 18.3 Å². The Morgan fingerprint density at radius 2 is 1.61 bits per heavy atom. The number of rotatable bonds is 7. The highest BCUT2D eigenvalue weighted by Crippen LogP contribution is 2.26. The lowest BCUT2D eigenvalue weighted by molar-refractivity contribution is -0.112. The summed E-state index contributed by atoms with van der Waals surface area (Å²) in [7, 11) is 3.08. The van der Waals surface area contributed by atoms with E-state index < -0.39 is 11.5 Å². The van der Waals surface area contributed by atoms with Gasteiger partial charge in [0.05, 0.1) is 14.2 Å². The van der Waals surface area contributed by atoms with Gasteiger partial charge in [0.1, 0.15) is 40.1 Å². The first-order chi connectivity index (χ1) is 17.4. The largest absolute Gasteiger partial charge is 0.497 e. The molecule has 0 spiro atoms. The Morgan fingerprint density at radius 1 is 1.00 bits per heavy atom. The van der Waals surface area contributed by atoms with E-state index in [9.17, 15) is 14.9 Å². The maximum absolute atomic E-state index is 13.4. The number of carbonyl (C=O) groups excluding carboxylic acids is 1. The number of amides is 1. The van der Waals surface area contributed by atoms with Gasteiger partial charge in [-0.25, -0.2) is 0 Å². The second kappa shape index (κ2) is 10.4. The minimum absolute atomic E-state index is 0.0375. The van der Waals surface area contributed by atoms with E-state index in [2.05, 4.69) is 10.3 Å². The Hall–Kier alpha value is -5.10. The van der Waals surface area contributed by atoms with Crippen LogP contribution in [0.2, 0.25) is 0 Å². The van der Waals surface area contributed by atoms with Crippen molar-refractivity contribution in [2.24, 2.45) is 0 Å². The second-order valence-corrected chi connectivity index (χ2v) is 7.65. The van der Waals surface area contributed by atoms with Gasteiger partial charge in [0, 0.05) is 11.9 Å². The zero-order valence-electron chi connectivity index (χ0n) is 19.8. The summed E-state index contributed by atoms with van der Waals surface area (Å²) in [5, 5.41) is 12.4. The third-order valence-electron chi connectivity index (χ3n) is 5.32. The minimum atomic E-state index is -0.688. The molecule has 0 saturated carbocycles. The lowest BCUT2D eigenvalue weighted by Crippen LogP contribution is -2.20. The molecule has 0 aliphatic rings. The van der Waals surface area contributed by atoms with Gasteiger partial charge in [0.25, 0.3) is 11.5 Å². The molecule has 1 amide bonds. The summed E-state index contributed by atoms with van der Waals surface area (Å²) in [6.45, 7) is 1.82. The number of nitriles is 1. The predicted octanol–water partition coefficient (Wildman–Crippen LogP) is 4.36. The Kier molecular flexibility index (Phi) is 6.97. The van der Waals surface area contributed by atoms with Crippen LogP contribution in [0.5, 0.6) is 23.1 Å². The van der Waals surface area contributed by atoms with Gasteiger partial charge in [-0.2, -0.15) is 10.2 Å². The minimum Gasteiger partial charge on any atom is -0.497 e. The number of hydrogen-bond acceptors (Lipinski definition) is 7. The van der Waals surface area contributed by atoms with Crippen molar-refractivity contribution < 1.29 is 19.0 Å². The number of hydrogen-bond donors (Lipinski definition) is 1. The van der Waals surface area contributed by atoms with Crippen LogP contribution in [0.3, 0.4) is 0 Å². The average Bonchev–Trinajstić information content (AvgIpc) is 2.90. The van der Waals surface area contributed by atoms with Crippen LogP contribution < -0.4 is 25.1 Å². The SMILES string of the molecule is COc1ccc(NC(=O)C(C#N)=Cc2c(Oc3ccc(OC)cc3)nc3c(C)cccn3c2=O)cc1. The van der Waals surface area contributed by atoms with E-state index in [1.165, 1.54) is 17.6 Å². The maximum Gasteiger partial charge on any atom is 0.269 e. The number of nitrogens with zero attached hydrogens (tertiary/aromatic N) is 3. The van der Waals surface area contributed by atoms with Gasteiger partial charge in [-0.1, -0.05) is 6.07 Å². The lowest BCUT2D eigenvalue weighted by atomic mass is 10.1. The lowest BCUT2D eigenvalue weighted by Gasteiger charge is -2.12. The summed E-state index contributed by atoms with van der Waals surface area (Å²) in [5.41, 5.74) is 0.775. The fraction of sp³-hybridized carbons (Fsp3) is 0.111. The number of ether oxygens (including phenoxy) is 3. The quantitative estimate of drug-likeness (QED) is 0.307. The fourth-order valence-electron chi connectivity index (χ4n) is 3.41. The molecule has 0 fully saturated rings. The molecular formula is C27H22N4O5. The molecular weight excluding hydrogens is 460 g/mol. The summed E-state index contributed by atoms with van der Waals surface area (Å²) in [4.78, 5) is 30.8. The molecule has 36 heavy (non-hydrogen) atoms. The zero-order chi connectivity index (χ0) is 25.7. The molecule has 9 heteroatoms. The van der Waals surface area contributed by atoms with Crippen molar-refractivity contribution in [3.05, 3.63) is 93.9 Å². The number of carbonyl (C=O) groups is 1. The third-order valence-corrected chi connectivity index (χ3v) is 5.32. The highest BCUT2D eigenvalue weighted by molar-refractivity contribution is 6.09. The first-order valence-corrected chi connectivity index (χ1v) is 10.8. The average molecular weight is 482 g/mol. The monoisotopic (exact) mass is 482 g/mol. The summed E-state index contributed by atoms with van der Waals surface area (Å²) < 4.78 is 17.6. The van der Waals surface area contributed by atoms with Crippen LogP contribution in [0.15, 0.2) is 77.2 Å². The Morgan fingerprint density at radius 3 is 2.22 bits per heavy atom. The van der Waals surface area contributed by atoms with Gasteiger partial charge in [0.15, 0.2) is 0 Å². The second-order valence-electron chi connectivity index (χ2n) is 7.65. The number of aromatic nitrogens is 2. The summed E-state index contributed by atoms with van der Waals surface area (Å²) in [5.74, 6) is 0.925. The summed E-state index contributed by atoms with van der Waals surface area (Å²) in [6, 6.07) is 18.7. The molecule has 0 atom stereocenters. The Bertz CT molecular complexity index is 1550. The predicted molar refractivity (Wildman–Crippen MR) is 134 cm³/mol. The fourth-order valence-corrected chi connectivity index (χ4v) is 3.41. The van der Waals surface area contributed by atoms with E-state index in [-0.39, 0.29) is 17.0 Å². The molecule has 9 nitrogen and oxygen atoms in total.